The van der Waals surface area contributed by atoms with Crippen LogP contribution in [0.15, 0.2) is 47.5 Å². The van der Waals surface area contributed by atoms with Gasteiger partial charge in [-0.1, -0.05) is 36.4 Å². The van der Waals surface area contributed by atoms with Crippen LogP contribution in [0.4, 0.5) is 5.69 Å². The maximum absolute atomic E-state index is 11.6. The molecule has 2 aromatic carbocycles. The molecule has 3 heteroatoms. The van der Waals surface area contributed by atoms with Gasteiger partial charge in [0.25, 0.3) is 0 Å². The summed E-state index contributed by atoms with van der Waals surface area (Å²) in [6.07, 6.45) is 1.23. The van der Waals surface area contributed by atoms with Gasteiger partial charge in [-0.25, -0.2) is 9.79 Å². The maximum Gasteiger partial charge on any atom is 0.349 e. The summed E-state index contributed by atoms with van der Waals surface area (Å²) < 4.78 is 5.18. The van der Waals surface area contributed by atoms with Gasteiger partial charge >= 0.3 is 5.97 Å². The summed E-state index contributed by atoms with van der Waals surface area (Å²) in [6, 6.07) is 13.7. The molecular weight excluding hydrogens is 238 g/mol. The molecule has 3 nitrogen and oxygen atoms in total. The number of rotatable bonds is 2. The Hall–Kier alpha value is -2.16. The lowest BCUT2D eigenvalue weighted by molar-refractivity contribution is -0.145. The summed E-state index contributed by atoms with van der Waals surface area (Å²) in [5.74, 6) is -0.430. The molecule has 0 aliphatic carbocycles. The lowest BCUT2D eigenvalue weighted by Gasteiger charge is -2.17. The molecule has 0 bridgehead atoms. The molecule has 0 fully saturated rings. The quantitative estimate of drug-likeness (QED) is 0.603. The fraction of sp³-hybridized carbons (Fsp3) is 0.250. The standard InChI is InChI=1S/C16H17NO2/c1-16(2,3)19-15(18)11-17-14-10-6-8-12-7-4-5-9-13(12)14/h4-11H,1-3H3. The van der Waals surface area contributed by atoms with E-state index in [4.69, 9.17) is 4.74 Å². The lowest BCUT2D eigenvalue weighted by Crippen LogP contribution is -2.24. The minimum Gasteiger partial charge on any atom is -0.456 e. The van der Waals surface area contributed by atoms with Crippen LogP contribution in [0.1, 0.15) is 20.8 Å². The largest absolute Gasteiger partial charge is 0.456 e. The minimum absolute atomic E-state index is 0.430. The second-order valence-electron chi connectivity index (χ2n) is 5.29. The smallest absolute Gasteiger partial charge is 0.349 e. The lowest BCUT2D eigenvalue weighted by atomic mass is 10.1. The van der Waals surface area contributed by atoms with Gasteiger partial charge in [-0.3, -0.25) is 0 Å². The molecule has 19 heavy (non-hydrogen) atoms. The van der Waals surface area contributed by atoms with Gasteiger partial charge in [-0.15, -0.1) is 0 Å². The zero-order valence-corrected chi connectivity index (χ0v) is 11.4. The van der Waals surface area contributed by atoms with Gasteiger partial charge in [-0.2, -0.15) is 0 Å². The molecule has 0 unspecified atom stereocenters. The van der Waals surface area contributed by atoms with Crippen molar-refractivity contribution in [1.29, 1.82) is 0 Å². The first-order valence-corrected chi connectivity index (χ1v) is 6.20. The van der Waals surface area contributed by atoms with E-state index in [1.807, 2.05) is 63.2 Å². The van der Waals surface area contributed by atoms with Crippen LogP contribution in [0.5, 0.6) is 0 Å². The molecular formula is C16H17NO2. The van der Waals surface area contributed by atoms with Crippen molar-refractivity contribution in [2.75, 3.05) is 0 Å². The average Bonchev–Trinajstić information content (AvgIpc) is 2.34. The number of carbonyl (C=O) groups is 1. The highest BCUT2D eigenvalue weighted by molar-refractivity contribution is 6.24. The Kier molecular flexibility index (Phi) is 3.65. The highest BCUT2D eigenvalue weighted by Gasteiger charge is 2.14. The van der Waals surface area contributed by atoms with Crippen molar-refractivity contribution in [3.8, 4) is 0 Å². The first-order chi connectivity index (χ1) is 8.96. The summed E-state index contributed by atoms with van der Waals surface area (Å²) in [4.78, 5) is 15.8. The number of nitrogens with zero attached hydrogens (tertiary/aromatic N) is 1. The number of hydrogen-bond acceptors (Lipinski definition) is 3. The highest BCUT2D eigenvalue weighted by Crippen LogP contribution is 2.25. The van der Waals surface area contributed by atoms with Crippen LogP contribution in [0, 0.1) is 0 Å². The predicted molar refractivity (Wildman–Crippen MR) is 77.9 cm³/mol. The van der Waals surface area contributed by atoms with Crippen molar-refractivity contribution >= 4 is 28.6 Å². The summed E-state index contributed by atoms with van der Waals surface area (Å²) >= 11 is 0. The van der Waals surface area contributed by atoms with Crippen molar-refractivity contribution in [1.82, 2.24) is 0 Å². The monoisotopic (exact) mass is 255 g/mol. The first kappa shape index (κ1) is 13.3. The van der Waals surface area contributed by atoms with Gasteiger partial charge in [0.2, 0.25) is 0 Å². The van der Waals surface area contributed by atoms with E-state index in [2.05, 4.69) is 4.99 Å². The number of fused-ring (bicyclic) bond motifs is 1. The Bertz CT molecular complexity index is 619. The number of hydrogen-bond donors (Lipinski definition) is 0. The molecule has 0 spiro atoms. The van der Waals surface area contributed by atoms with E-state index in [-0.39, 0.29) is 0 Å². The van der Waals surface area contributed by atoms with Gasteiger partial charge in [0.1, 0.15) is 11.8 Å². The van der Waals surface area contributed by atoms with Gasteiger partial charge in [-0.05, 0) is 32.2 Å². The number of carbonyl (C=O) groups excluding carboxylic acids is 1. The number of aliphatic imine (C=N–C) groups is 1. The molecule has 0 radical (unpaired) electrons. The number of ether oxygens (including phenoxy) is 1. The summed E-state index contributed by atoms with van der Waals surface area (Å²) in [5, 5.41) is 2.12. The van der Waals surface area contributed by atoms with Gasteiger partial charge in [0, 0.05) is 5.39 Å². The third-order valence-corrected chi connectivity index (χ3v) is 2.48. The van der Waals surface area contributed by atoms with Crippen LogP contribution >= 0.6 is 0 Å². The molecule has 0 saturated carbocycles. The molecule has 0 aliphatic rings. The fourth-order valence-corrected chi connectivity index (χ4v) is 1.77. The molecule has 2 aromatic rings. The van der Waals surface area contributed by atoms with E-state index in [1.165, 1.54) is 6.21 Å². The topological polar surface area (TPSA) is 38.7 Å². The maximum atomic E-state index is 11.6. The zero-order valence-electron chi connectivity index (χ0n) is 11.4. The summed E-state index contributed by atoms with van der Waals surface area (Å²) in [5.41, 5.74) is 0.269. The summed E-state index contributed by atoms with van der Waals surface area (Å²) in [7, 11) is 0. The SMILES string of the molecule is CC(C)(C)OC(=O)C=Nc1cccc2ccccc12. The Morgan fingerprint density at radius 1 is 1.11 bits per heavy atom. The van der Waals surface area contributed by atoms with Crippen LogP contribution in [0.2, 0.25) is 0 Å². The van der Waals surface area contributed by atoms with Crippen molar-refractivity contribution in [3.63, 3.8) is 0 Å². The van der Waals surface area contributed by atoms with E-state index in [9.17, 15) is 4.79 Å². The van der Waals surface area contributed by atoms with Gasteiger partial charge in [0.05, 0.1) is 5.69 Å². The number of esters is 1. The zero-order chi connectivity index (χ0) is 13.9. The van der Waals surface area contributed by atoms with Crippen molar-refractivity contribution < 1.29 is 9.53 Å². The molecule has 2 rings (SSSR count). The van der Waals surface area contributed by atoms with E-state index < -0.39 is 11.6 Å². The van der Waals surface area contributed by atoms with E-state index >= 15 is 0 Å². The molecule has 0 aliphatic heterocycles. The van der Waals surface area contributed by atoms with Gasteiger partial charge < -0.3 is 4.74 Å². The Balaban J connectivity index is 2.24. The van der Waals surface area contributed by atoms with E-state index in [1.54, 1.807) is 0 Å². The van der Waals surface area contributed by atoms with Crippen LogP contribution < -0.4 is 0 Å². The Labute approximate surface area is 112 Å². The molecule has 0 atom stereocenters. The number of benzene rings is 2. The normalized spacial score (nSPS) is 11.9. The fourth-order valence-electron chi connectivity index (χ4n) is 1.77. The molecule has 0 heterocycles. The summed E-state index contributed by atoms with van der Waals surface area (Å²) in [6.45, 7) is 5.49. The van der Waals surface area contributed by atoms with Crippen molar-refractivity contribution in [2.45, 2.75) is 26.4 Å². The van der Waals surface area contributed by atoms with Crippen molar-refractivity contribution in [3.05, 3.63) is 42.5 Å². The minimum atomic E-state index is -0.498. The van der Waals surface area contributed by atoms with Crippen LogP contribution in [0.25, 0.3) is 10.8 Å². The van der Waals surface area contributed by atoms with Crippen LogP contribution in [0.3, 0.4) is 0 Å². The third kappa shape index (κ3) is 3.65. The second-order valence-corrected chi connectivity index (χ2v) is 5.29. The van der Waals surface area contributed by atoms with Crippen molar-refractivity contribution in [2.24, 2.45) is 4.99 Å². The predicted octanol–water partition coefficient (Wildman–Crippen LogP) is 3.88. The molecule has 98 valence electrons. The third-order valence-electron chi connectivity index (χ3n) is 2.48. The molecule has 0 aromatic heterocycles. The highest BCUT2D eigenvalue weighted by atomic mass is 16.6. The van der Waals surface area contributed by atoms with E-state index in [0.717, 1.165) is 16.5 Å². The van der Waals surface area contributed by atoms with Gasteiger partial charge in [0.15, 0.2) is 0 Å². The average molecular weight is 255 g/mol. The Morgan fingerprint density at radius 3 is 2.53 bits per heavy atom. The molecule has 0 amide bonds. The Morgan fingerprint density at radius 2 is 1.79 bits per heavy atom. The van der Waals surface area contributed by atoms with E-state index in [0.29, 0.717) is 0 Å². The second kappa shape index (κ2) is 5.22. The van der Waals surface area contributed by atoms with Crippen LogP contribution in [-0.4, -0.2) is 17.8 Å². The molecule has 0 N–H and O–H groups in total. The van der Waals surface area contributed by atoms with Crippen LogP contribution in [-0.2, 0) is 9.53 Å². The first-order valence-electron chi connectivity index (χ1n) is 6.20. The molecule has 0 saturated heterocycles.